The predicted molar refractivity (Wildman–Crippen MR) is 122 cm³/mol. The first-order valence-corrected chi connectivity index (χ1v) is 11.2. The van der Waals surface area contributed by atoms with Gasteiger partial charge in [0.2, 0.25) is 5.88 Å². The number of rotatable bonds is 4. The second-order valence-electron chi connectivity index (χ2n) is 8.83. The van der Waals surface area contributed by atoms with Gasteiger partial charge in [-0.1, -0.05) is 13.0 Å². The number of carbonyl (C=O) groups excluding carboxylic acids is 1. The van der Waals surface area contributed by atoms with Crippen molar-refractivity contribution in [1.82, 2.24) is 9.97 Å². The maximum absolute atomic E-state index is 13.4. The largest absolute Gasteiger partial charge is 0.512 e. The fraction of sp³-hybridized carbons (Fsp3) is 0.346. The van der Waals surface area contributed by atoms with Gasteiger partial charge in [-0.2, -0.15) is 0 Å². The number of aliphatic hydroxyl groups excluding tert-OH is 1. The number of halogens is 1. The van der Waals surface area contributed by atoms with Gasteiger partial charge in [0.15, 0.2) is 5.78 Å². The first-order valence-electron chi connectivity index (χ1n) is 11.2. The number of fused-ring (bicyclic) bond motifs is 1. The van der Waals surface area contributed by atoms with Gasteiger partial charge in [0, 0.05) is 32.1 Å². The molecule has 0 saturated carbocycles. The molecule has 0 radical (unpaired) electrons. The van der Waals surface area contributed by atoms with E-state index in [1.807, 2.05) is 19.1 Å². The number of aliphatic hydroxyl groups is 1. The zero-order valence-electron chi connectivity index (χ0n) is 18.4. The average Bonchev–Trinajstić information content (AvgIpc) is 2.79. The highest BCUT2D eigenvalue weighted by Crippen LogP contribution is 2.47. The number of benzene rings is 2. The minimum Gasteiger partial charge on any atom is -0.512 e. The van der Waals surface area contributed by atoms with Crippen LogP contribution in [0, 0.1) is 11.2 Å². The van der Waals surface area contributed by atoms with Crippen molar-refractivity contribution in [2.45, 2.75) is 39.0 Å². The van der Waals surface area contributed by atoms with Crippen LogP contribution in [0.25, 0.3) is 16.6 Å². The molecule has 2 heterocycles. The maximum Gasteiger partial charge on any atom is 0.238 e. The van der Waals surface area contributed by atoms with Gasteiger partial charge in [-0.3, -0.25) is 4.79 Å². The van der Waals surface area contributed by atoms with E-state index in [1.54, 1.807) is 12.1 Å². The number of ether oxygens (including phenoxy) is 2. The molecule has 1 aliphatic carbocycles. The van der Waals surface area contributed by atoms with Crippen LogP contribution in [0.2, 0.25) is 0 Å². The summed E-state index contributed by atoms with van der Waals surface area (Å²) in [7, 11) is 0. The highest BCUT2D eigenvalue weighted by Gasteiger charge is 2.41. The van der Waals surface area contributed by atoms with Gasteiger partial charge >= 0.3 is 0 Å². The molecule has 0 bridgehead atoms. The first kappa shape index (κ1) is 21.5. The van der Waals surface area contributed by atoms with Crippen LogP contribution < -0.4 is 4.74 Å². The second kappa shape index (κ2) is 8.56. The molecule has 33 heavy (non-hydrogen) atoms. The van der Waals surface area contributed by atoms with E-state index < -0.39 is 0 Å². The Hall–Kier alpha value is -3.32. The highest BCUT2D eigenvalue weighted by atomic mass is 19.1. The van der Waals surface area contributed by atoms with Crippen molar-refractivity contribution in [2.24, 2.45) is 5.41 Å². The fourth-order valence-corrected chi connectivity index (χ4v) is 4.86. The van der Waals surface area contributed by atoms with Crippen molar-refractivity contribution >= 4 is 22.4 Å². The maximum atomic E-state index is 13.4. The number of aryl methyl sites for hydroxylation is 1. The fourth-order valence-electron chi connectivity index (χ4n) is 4.86. The summed E-state index contributed by atoms with van der Waals surface area (Å²) in [5, 5.41) is 11.0. The van der Waals surface area contributed by atoms with E-state index in [-0.39, 0.29) is 28.7 Å². The van der Waals surface area contributed by atoms with Crippen LogP contribution >= 0.6 is 0 Å². The van der Waals surface area contributed by atoms with Crippen LogP contribution in [0.3, 0.4) is 0 Å². The molecule has 2 aromatic carbocycles. The number of Topliss-reactive ketones (excluding diaryl/α,β-unsaturated/α-hetero) is 1. The standard InChI is InChI=1S/C26H25FN2O4/c1-2-16-3-5-18(33-24-15-28-21-11-17(27)4-6-20(21)29-24)12-19(16)25-22(30)13-26(14-23(25)31)7-9-32-10-8-26/h3-6,11-12,15,30H,2,7-10,13-14H2,1H3. The Morgan fingerprint density at radius 3 is 2.70 bits per heavy atom. The Bertz CT molecular complexity index is 1260. The number of hydrogen-bond donors (Lipinski definition) is 1. The van der Waals surface area contributed by atoms with Gasteiger partial charge in [0.05, 0.1) is 22.8 Å². The monoisotopic (exact) mass is 448 g/mol. The van der Waals surface area contributed by atoms with Gasteiger partial charge in [-0.15, -0.1) is 0 Å². The SMILES string of the molecule is CCc1ccc(Oc2cnc3cc(F)ccc3n2)cc1C1=C(O)CC2(CCOCC2)CC1=O. The summed E-state index contributed by atoms with van der Waals surface area (Å²) in [6.07, 6.45) is 4.61. The van der Waals surface area contributed by atoms with Crippen molar-refractivity contribution in [3.05, 3.63) is 65.3 Å². The van der Waals surface area contributed by atoms with Gasteiger partial charge < -0.3 is 14.6 Å². The average molecular weight is 448 g/mol. The van der Waals surface area contributed by atoms with Crippen LogP contribution in [0.1, 0.15) is 43.7 Å². The number of allylic oxidation sites excluding steroid dienone is 2. The zero-order valence-corrected chi connectivity index (χ0v) is 18.4. The minimum atomic E-state index is -0.377. The number of nitrogens with zero attached hydrogens (tertiary/aromatic N) is 2. The Labute approximate surface area is 191 Å². The molecule has 170 valence electrons. The molecule has 1 fully saturated rings. The molecule has 1 spiro atoms. The minimum absolute atomic E-state index is 0.0416. The molecular weight excluding hydrogens is 423 g/mol. The van der Waals surface area contributed by atoms with Gasteiger partial charge in [-0.25, -0.2) is 14.4 Å². The van der Waals surface area contributed by atoms with Crippen LogP contribution in [0.4, 0.5) is 4.39 Å². The molecule has 3 aromatic rings. The third-order valence-corrected chi connectivity index (χ3v) is 6.64. The Balaban J connectivity index is 1.48. The third-order valence-electron chi connectivity index (χ3n) is 6.64. The van der Waals surface area contributed by atoms with Gasteiger partial charge in [0.1, 0.15) is 17.3 Å². The third kappa shape index (κ3) is 4.20. The van der Waals surface area contributed by atoms with Crippen molar-refractivity contribution in [2.75, 3.05) is 13.2 Å². The van der Waals surface area contributed by atoms with Crippen molar-refractivity contribution in [1.29, 1.82) is 0 Å². The number of hydrogen-bond acceptors (Lipinski definition) is 6. The Morgan fingerprint density at radius 2 is 1.94 bits per heavy atom. The van der Waals surface area contributed by atoms with E-state index in [0.717, 1.165) is 18.4 Å². The number of aromatic nitrogens is 2. The van der Waals surface area contributed by atoms with Crippen LogP contribution in [-0.4, -0.2) is 34.1 Å². The van der Waals surface area contributed by atoms with Crippen LogP contribution in [-0.2, 0) is 16.0 Å². The molecule has 1 aliphatic heterocycles. The lowest BCUT2D eigenvalue weighted by Gasteiger charge is -2.39. The molecular formula is C26H25FN2O4. The van der Waals surface area contributed by atoms with E-state index in [2.05, 4.69) is 9.97 Å². The van der Waals surface area contributed by atoms with E-state index >= 15 is 0 Å². The summed E-state index contributed by atoms with van der Waals surface area (Å²) in [6, 6.07) is 9.68. The van der Waals surface area contributed by atoms with E-state index in [0.29, 0.717) is 60.4 Å². The smallest absolute Gasteiger partial charge is 0.238 e. The summed E-state index contributed by atoms with van der Waals surface area (Å²) in [5.74, 6) is 0.474. The molecule has 1 aromatic heterocycles. The van der Waals surface area contributed by atoms with E-state index in [1.165, 1.54) is 18.3 Å². The van der Waals surface area contributed by atoms with Crippen LogP contribution in [0.5, 0.6) is 11.6 Å². The highest BCUT2D eigenvalue weighted by molar-refractivity contribution is 6.22. The zero-order chi connectivity index (χ0) is 23.0. The Morgan fingerprint density at radius 1 is 1.12 bits per heavy atom. The normalized spacial score (nSPS) is 18.2. The van der Waals surface area contributed by atoms with Gasteiger partial charge in [0.25, 0.3) is 0 Å². The molecule has 1 N–H and O–H groups in total. The summed E-state index contributed by atoms with van der Waals surface area (Å²) in [5.41, 5.74) is 2.78. The van der Waals surface area contributed by atoms with Crippen molar-refractivity contribution in [3.63, 3.8) is 0 Å². The summed E-state index contributed by atoms with van der Waals surface area (Å²) in [6.45, 7) is 3.26. The topological polar surface area (TPSA) is 81.5 Å². The Kier molecular flexibility index (Phi) is 5.58. The molecule has 6 nitrogen and oxygen atoms in total. The lowest BCUT2D eigenvalue weighted by molar-refractivity contribution is -0.118. The summed E-state index contributed by atoms with van der Waals surface area (Å²) in [4.78, 5) is 21.8. The lowest BCUT2D eigenvalue weighted by atomic mass is 9.67. The quantitative estimate of drug-likeness (QED) is 0.563. The van der Waals surface area contributed by atoms with Crippen molar-refractivity contribution < 1.29 is 23.8 Å². The van der Waals surface area contributed by atoms with Crippen LogP contribution in [0.15, 0.2) is 48.4 Å². The van der Waals surface area contributed by atoms with Gasteiger partial charge in [-0.05, 0) is 60.1 Å². The lowest BCUT2D eigenvalue weighted by Crippen LogP contribution is -2.36. The van der Waals surface area contributed by atoms with E-state index in [9.17, 15) is 14.3 Å². The molecule has 1 saturated heterocycles. The molecule has 0 atom stereocenters. The van der Waals surface area contributed by atoms with Crippen molar-refractivity contribution in [3.8, 4) is 11.6 Å². The second-order valence-corrected chi connectivity index (χ2v) is 8.83. The summed E-state index contributed by atoms with van der Waals surface area (Å²) >= 11 is 0. The number of carbonyl (C=O) groups is 1. The molecule has 5 rings (SSSR count). The molecule has 2 aliphatic rings. The predicted octanol–water partition coefficient (Wildman–Crippen LogP) is 5.55. The number of ketones is 1. The van der Waals surface area contributed by atoms with E-state index in [4.69, 9.17) is 9.47 Å². The molecule has 0 unspecified atom stereocenters. The molecule has 7 heteroatoms. The first-order chi connectivity index (χ1) is 16.0. The summed E-state index contributed by atoms with van der Waals surface area (Å²) < 4.78 is 24.8. The molecule has 0 amide bonds.